The molecule has 3 amide bonds. The van der Waals surface area contributed by atoms with E-state index in [9.17, 15) is 19.2 Å². The van der Waals surface area contributed by atoms with Crippen molar-refractivity contribution >= 4 is 40.2 Å². The number of thioether (sulfide) groups is 1. The first-order valence-corrected chi connectivity index (χ1v) is 10.4. The second-order valence-corrected chi connectivity index (χ2v) is 8.28. The molecule has 4 heterocycles. The molecule has 0 aliphatic carbocycles. The van der Waals surface area contributed by atoms with E-state index in [-0.39, 0.29) is 34.4 Å². The van der Waals surface area contributed by atoms with Crippen LogP contribution in [0.3, 0.4) is 0 Å². The number of aromatic nitrogens is 1. The topological polar surface area (TPSA) is 79.7 Å². The van der Waals surface area contributed by atoms with Crippen molar-refractivity contribution in [2.45, 2.75) is 12.5 Å². The van der Waals surface area contributed by atoms with Crippen molar-refractivity contribution in [2.24, 2.45) is 7.05 Å². The maximum Gasteiger partial charge on any atom is 0.289 e. The minimum Gasteiger partial charge on any atom is -0.336 e. The third kappa shape index (κ3) is 3.21. The molecule has 27 heavy (non-hydrogen) atoms. The molecule has 0 radical (unpaired) electrons. The van der Waals surface area contributed by atoms with Crippen LogP contribution in [-0.4, -0.2) is 56.3 Å². The first-order valence-electron chi connectivity index (χ1n) is 8.47. The van der Waals surface area contributed by atoms with Gasteiger partial charge in [0.05, 0.1) is 17.4 Å². The summed E-state index contributed by atoms with van der Waals surface area (Å²) < 4.78 is 1.39. The average molecular weight is 403 g/mol. The number of likely N-dealkylation sites (tertiary alicyclic amines) is 1. The number of thiophene rings is 1. The van der Waals surface area contributed by atoms with E-state index < -0.39 is 0 Å². The Labute approximate surface area is 163 Å². The monoisotopic (exact) mass is 403 g/mol. The standard InChI is InChI=1S/C18H17N3O4S2/c1-19-8-14(13(6-15(19)22)11-3-5-26-9-11)17(24)20-4-2-12(7-20)21-16(23)10-27-18(21)25/h3,5-6,8-9,12H,2,4,7,10H2,1H3. The van der Waals surface area contributed by atoms with Crippen molar-refractivity contribution in [1.29, 1.82) is 0 Å². The van der Waals surface area contributed by atoms with Gasteiger partial charge in [0, 0.05) is 38.0 Å². The van der Waals surface area contributed by atoms with E-state index in [1.165, 1.54) is 26.9 Å². The van der Waals surface area contributed by atoms with Gasteiger partial charge in [0.15, 0.2) is 0 Å². The Morgan fingerprint density at radius 3 is 2.74 bits per heavy atom. The molecular formula is C18H17N3O4S2. The van der Waals surface area contributed by atoms with E-state index in [0.717, 1.165) is 17.3 Å². The fraction of sp³-hybridized carbons (Fsp3) is 0.333. The predicted octanol–water partition coefficient (Wildman–Crippen LogP) is 2.02. The molecule has 0 aromatic carbocycles. The number of imide groups is 1. The number of aryl methyl sites for hydroxylation is 1. The van der Waals surface area contributed by atoms with Crippen LogP contribution in [-0.2, 0) is 11.8 Å². The second-order valence-electron chi connectivity index (χ2n) is 6.57. The zero-order valence-electron chi connectivity index (χ0n) is 14.6. The van der Waals surface area contributed by atoms with Crippen LogP contribution in [0.25, 0.3) is 11.1 Å². The summed E-state index contributed by atoms with van der Waals surface area (Å²) in [6, 6.07) is 3.08. The van der Waals surface area contributed by atoms with Gasteiger partial charge < -0.3 is 9.47 Å². The maximum atomic E-state index is 13.2. The van der Waals surface area contributed by atoms with Crippen LogP contribution in [0.5, 0.6) is 0 Å². The normalized spacial score (nSPS) is 20.0. The molecule has 2 fully saturated rings. The predicted molar refractivity (Wildman–Crippen MR) is 104 cm³/mol. The number of rotatable bonds is 3. The van der Waals surface area contributed by atoms with Gasteiger partial charge in [0.25, 0.3) is 16.7 Å². The Morgan fingerprint density at radius 2 is 2.07 bits per heavy atom. The van der Waals surface area contributed by atoms with Crippen LogP contribution >= 0.6 is 23.1 Å². The molecule has 140 valence electrons. The molecule has 1 unspecified atom stereocenters. The Balaban J connectivity index is 1.62. The molecule has 7 nitrogen and oxygen atoms in total. The summed E-state index contributed by atoms with van der Waals surface area (Å²) in [5.41, 5.74) is 1.71. The first-order chi connectivity index (χ1) is 13.0. The lowest BCUT2D eigenvalue weighted by atomic mass is 10.0. The zero-order chi connectivity index (χ0) is 19.1. The first kappa shape index (κ1) is 18.0. The number of hydrogen-bond acceptors (Lipinski definition) is 6. The molecule has 2 saturated heterocycles. The van der Waals surface area contributed by atoms with Crippen LogP contribution < -0.4 is 5.56 Å². The highest BCUT2D eigenvalue weighted by molar-refractivity contribution is 8.14. The summed E-state index contributed by atoms with van der Waals surface area (Å²) in [4.78, 5) is 52.1. The highest BCUT2D eigenvalue weighted by atomic mass is 32.2. The van der Waals surface area contributed by atoms with E-state index >= 15 is 0 Å². The molecular weight excluding hydrogens is 386 g/mol. The lowest BCUT2D eigenvalue weighted by Crippen LogP contribution is -2.41. The highest BCUT2D eigenvalue weighted by Crippen LogP contribution is 2.29. The number of amides is 3. The van der Waals surface area contributed by atoms with Crippen LogP contribution in [0.15, 0.2) is 33.9 Å². The third-order valence-corrected chi connectivity index (χ3v) is 6.41. The Hall–Kier alpha value is -2.39. The molecule has 2 aliphatic heterocycles. The van der Waals surface area contributed by atoms with Gasteiger partial charge in [-0.05, 0) is 28.8 Å². The van der Waals surface area contributed by atoms with E-state index in [1.807, 2.05) is 16.8 Å². The Bertz CT molecular complexity index is 967. The van der Waals surface area contributed by atoms with Gasteiger partial charge in [-0.3, -0.25) is 24.1 Å². The molecule has 9 heteroatoms. The number of nitrogens with zero attached hydrogens (tertiary/aromatic N) is 3. The minimum absolute atomic E-state index is 0.173. The molecule has 0 N–H and O–H groups in total. The second kappa shape index (κ2) is 6.97. The van der Waals surface area contributed by atoms with Gasteiger partial charge in [-0.15, -0.1) is 0 Å². The number of pyridine rings is 1. The summed E-state index contributed by atoms with van der Waals surface area (Å²) >= 11 is 2.50. The van der Waals surface area contributed by atoms with Crippen molar-refractivity contribution in [3.05, 3.63) is 45.0 Å². The van der Waals surface area contributed by atoms with Crippen LogP contribution in [0.2, 0.25) is 0 Å². The molecule has 0 bridgehead atoms. The van der Waals surface area contributed by atoms with Gasteiger partial charge in [-0.2, -0.15) is 11.3 Å². The molecule has 2 aromatic heterocycles. The van der Waals surface area contributed by atoms with Crippen LogP contribution in [0.1, 0.15) is 16.8 Å². The van der Waals surface area contributed by atoms with Gasteiger partial charge >= 0.3 is 0 Å². The van der Waals surface area contributed by atoms with Gasteiger partial charge in [-0.25, -0.2) is 0 Å². The van der Waals surface area contributed by atoms with Crippen LogP contribution in [0, 0.1) is 0 Å². The van der Waals surface area contributed by atoms with Gasteiger partial charge in [0.1, 0.15) is 0 Å². The Morgan fingerprint density at radius 1 is 1.26 bits per heavy atom. The summed E-state index contributed by atoms with van der Waals surface area (Å²) in [7, 11) is 1.61. The highest BCUT2D eigenvalue weighted by Gasteiger charge is 2.40. The van der Waals surface area contributed by atoms with Crippen molar-refractivity contribution in [1.82, 2.24) is 14.4 Å². The van der Waals surface area contributed by atoms with E-state index in [1.54, 1.807) is 18.1 Å². The lowest BCUT2D eigenvalue weighted by Gasteiger charge is -2.22. The molecule has 1 atom stereocenters. The van der Waals surface area contributed by atoms with Crippen molar-refractivity contribution in [3.8, 4) is 11.1 Å². The minimum atomic E-state index is -0.277. The summed E-state index contributed by atoms with van der Waals surface area (Å²) in [6.45, 7) is 0.792. The number of carbonyl (C=O) groups is 3. The zero-order valence-corrected chi connectivity index (χ0v) is 16.2. The fourth-order valence-electron chi connectivity index (χ4n) is 3.48. The SMILES string of the molecule is Cn1cc(C(=O)N2CCC(N3C(=O)CSC3=O)C2)c(-c2ccsc2)cc1=O. The van der Waals surface area contributed by atoms with E-state index in [0.29, 0.717) is 30.6 Å². The van der Waals surface area contributed by atoms with Crippen LogP contribution in [0.4, 0.5) is 4.79 Å². The van der Waals surface area contributed by atoms with Gasteiger partial charge in [0.2, 0.25) is 5.91 Å². The molecule has 2 aromatic rings. The number of carbonyl (C=O) groups excluding carboxylic acids is 3. The molecule has 0 spiro atoms. The third-order valence-electron chi connectivity index (χ3n) is 4.89. The fourth-order valence-corrected chi connectivity index (χ4v) is 4.91. The maximum absolute atomic E-state index is 13.2. The summed E-state index contributed by atoms with van der Waals surface area (Å²) in [5.74, 6) is -0.210. The number of hydrogen-bond donors (Lipinski definition) is 0. The Kier molecular flexibility index (Phi) is 4.65. The molecule has 0 saturated carbocycles. The summed E-state index contributed by atoms with van der Waals surface area (Å²) in [5, 5.41) is 3.56. The van der Waals surface area contributed by atoms with Gasteiger partial charge in [-0.1, -0.05) is 11.8 Å². The van der Waals surface area contributed by atoms with E-state index in [4.69, 9.17) is 0 Å². The molecule has 2 aliphatic rings. The average Bonchev–Trinajstić information content (AvgIpc) is 3.38. The quantitative estimate of drug-likeness (QED) is 0.783. The largest absolute Gasteiger partial charge is 0.336 e. The summed E-state index contributed by atoms with van der Waals surface area (Å²) in [6.07, 6.45) is 2.14. The smallest absolute Gasteiger partial charge is 0.289 e. The van der Waals surface area contributed by atoms with Crippen molar-refractivity contribution in [3.63, 3.8) is 0 Å². The lowest BCUT2D eigenvalue weighted by molar-refractivity contribution is -0.126. The molecule has 4 rings (SSSR count). The van der Waals surface area contributed by atoms with Crippen molar-refractivity contribution < 1.29 is 14.4 Å². The van der Waals surface area contributed by atoms with Crippen molar-refractivity contribution in [2.75, 3.05) is 18.8 Å². The van der Waals surface area contributed by atoms with E-state index in [2.05, 4.69) is 0 Å².